The molecular weight excluding hydrogens is 290 g/mol. The van der Waals surface area contributed by atoms with Crippen LogP contribution in [-0.4, -0.2) is 18.2 Å². The Hall–Kier alpha value is -1.76. The molecule has 2 aromatic rings. The summed E-state index contributed by atoms with van der Waals surface area (Å²) in [6, 6.07) is 4.80. The van der Waals surface area contributed by atoms with E-state index in [1.54, 1.807) is 26.1 Å². The van der Waals surface area contributed by atoms with Crippen molar-refractivity contribution in [2.45, 2.75) is 39.2 Å². The van der Waals surface area contributed by atoms with Crippen LogP contribution >= 0.6 is 0 Å². The van der Waals surface area contributed by atoms with Crippen LogP contribution in [0.5, 0.6) is 0 Å². The second-order valence-electron chi connectivity index (χ2n) is 6.35. The van der Waals surface area contributed by atoms with Crippen LogP contribution in [0, 0.1) is 12.3 Å². The Balaban J connectivity index is 2.24. The average Bonchev–Trinajstić information content (AvgIpc) is 2.84. The zero-order chi connectivity index (χ0) is 15.8. The van der Waals surface area contributed by atoms with E-state index in [2.05, 4.69) is 30.6 Å². The van der Waals surface area contributed by atoms with Crippen molar-refractivity contribution in [2.75, 3.05) is 4.72 Å². The van der Waals surface area contributed by atoms with Gasteiger partial charge in [-0.15, -0.1) is 0 Å². The predicted octanol–water partition coefficient (Wildman–Crippen LogP) is 2.71. The highest BCUT2D eigenvalue weighted by Gasteiger charge is 2.21. The van der Waals surface area contributed by atoms with E-state index in [1.807, 2.05) is 0 Å². The van der Waals surface area contributed by atoms with Gasteiger partial charge >= 0.3 is 0 Å². The third kappa shape index (κ3) is 3.87. The fraction of sp³-hybridized carbons (Fsp3) is 0.500. The molecule has 2 aromatic heterocycles. The lowest BCUT2D eigenvalue weighted by atomic mass is 9.91. The molecule has 0 fully saturated rings. The van der Waals surface area contributed by atoms with E-state index in [1.165, 1.54) is 10.7 Å². The van der Waals surface area contributed by atoms with Gasteiger partial charge in [0.15, 0.2) is 0 Å². The summed E-state index contributed by atoms with van der Waals surface area (Å²) in [6.07, 6.45) is 0.766. The van der Waals surface area contributed by atoms with E-state index in [0.29, 0.717) is 11.6 Å². The second kappa shape index (κ2) is 5.22. The van der Waals surface area contributed by atoms with Gasteiger partial charge in [0.05, 0.1) is 5.69 Å². The van der Waals surface area contributed by atoms with Gasteiger partial charge in [-0.1, -0.05) is 20.8 Å². The molecule has 0 aromatic carbocycles. The molecule has 0 aliphatic carbocycles. The molecule has 0 spiro atoms. The average molecular weight is 311 g/mol. The van der Waals surface area contributed by atoms with Crippen LogP contribution < -0.4 is 4.72 Å². The number of aryl methyl sites for hydroxylation is 2. The van der Waals surface area contributed by atoms with E-state index in [0.717, 1.165) is 12.1 Å². The quantitative estimate of drug-likeness (QED) is 0.941. The minimum Gasteiger partial charge on any atom is -0.448 e. The summed E-state index contributed by atoms with van der Waals surface area (Å²) < 4.78 is 33.6. The monoisotopic (exact) mass is 311 g/mol. The third-order valence-corrected chi connectivity index (χ3v) is 4.09. The van der Waals surface area contributed by atoms with Crippen LogP contribution in [0.3, 0.4) is 0 Å². The minimum atomic E-state index is -3.72. The highest BCUT2D eigenvalue weighted by atomic mass is 32.2. The van der Waals surface area contributed by atoms with E-state index in [9.17, 15) is 8.42 Å². The van der Waals surface area contributed by atoms with Gasteiger partial charge < -0.3 is 4.42 Å². The van der Waals surface area contributed by atoms with Gasteiger partial charge in [-0.3, -0.25) is 9.40 Å². The van der Waals surface area contributed by atoms with Crippen molar-refractivity contribution < 1.29 is 12.8 Å². The summed E-state index contributed by atoms with van der Waals surface area (Å²) in [5, 5.41) is 4.24. The van der Waals surface area contributed by atoms with Crippen molar-refractivity contribution in [1.29, 1.82) is 0 Å². The number of hydrogen-bond donors (Lipinski definition) is 1. The van der Waals surface area contributed by atoms with Crippen molar-refractivity contribution in [2.24, 2.45) is 12.5 Å². The van der Waals surface area contributed by atoms with E-state index in [-0.39, 0.29) is 10.5 Å². The Bertz CT molecular complexity index is 736. The van der Waals surface area contributed by atoms with Crippen LogP contribution in [0.4, 0.5) is 5.82 Å². The highest BCUT2D eigenvalue weighted by Crippen LogP contribution is 2.23. The maximum Gasteiger partial charge on any atom is 0.296 e. The molecule has 0 saturated heterocycles. The number of hydrogen-bond acceptors (Lipinski definition) is 4. The van der Waals surface area contributed by atoms with Crippen molar-refractivity contribution >= 4 is 15.8 Å². The number of nitrogens with one attached hydrogen (secondary N) is 1. The standard InChI is InChI=1S/C14H21N3O3S/c1-10-6-7-13(20-10)21(18,19)16-12-8-11(15-17(12)5)9-14(2,3)4/h6-8,16H,9H2,1-5H3. The Morgan fingerprint density at radius 2 is 2.00 bits per heavy atom. The van der Waals surface area contributed by atoms with Crippen LogP contribution in [0.1, 0.15) is 32.2 Å². The number of furan rings is 1. The van der Waals surface area contributed by atoms with Crippen molar-refractivity contribution in [1.82, 2.24) is 9.78 Å². The molecule has 116 valence electrons. The van der Waals surface area contributed by atoms with Gasteiger partial charge in [0.2, 0.25) is 5.09 Å². The van der Waals surface area contributed by atoms with Crippen LogP contribution in [0.25, 0.3) is 0 Å². The summed E-state index contributed by atoms with van der Waals surface area (Å²) in [4.78, 5) is 0. The molecule has 0 bridgehead atoms. The van der Waals surface area contributed by atoms with Crippen LogP contribution in [-0.2, 0) is 23.5 Å². The molecule has 0 aliphatic rings. The van der Waals surface area contributed by atoms with Gasteiger partial charge in [0.1, 0.15) is 11.6 Å². The lowest BCUT2D eigenvalue weighted by molar-refractivity contribution is 0.404. The predicted molar refractivity (Wildman–Crippen MR) is 80.6 cm³/mol. The van der Waals surface area contributed by atoms with Gasteiger partial charge in [-0.25, -0.2) is 0 Å². The smallest absolute Gasteiger partial charge is 0.296 e. The first-order chi connectivity index (χ1) is 9.57. The highest BCUT2D eigenvalue weighted by molar-refractivity contribution is 7.92. The van der Waals surface area contributed by atoms with E-state index in [4.69, 9.17) is 4.42 Å². The molecule has 2 rings (SSSR count). The molecule has 6 nitrogen and oxygen atoms in total. The fourth-order valence-corrected chi connectivity index (χ4v) is 3.05. The normalized spacial score (nSPS) is 12.6. The Morgan fingerprint density at radius 3 is 2.52 bits per heavy atom. The topological polar surface area (TPSA) is 77.1 Å². The van der Waals surface area contributed by atoms with Crippen molar-refractivity contribution in [3.8, 4) is 0 Å². The first-order valence-electron chi connectivity index (χ1n) is 6.69. The molecule has 1 N–H and O–H groups in total. The zero-order valence-electron chi connectivity index (χ0n) is 13.0. The molecule has 0 unspecified atom stereocenters. The Kier molecular flexibility index (Phi) is 3.88. The largest absolute Gasteiger partial charge is 0.448 e. The third-order valence-electron chi connectivity index (χ3n) is 2.86. The molecule has 21 heavy (non-hydrogen) atoms. The van der Waals surface area contributed by atoms with Crippen LogP contribution in [0.2, 0.25) is 0 Å². The SMILES string of the molecule is Cc1ccc(S(=O)(=O)Nc2cc(CC(C)(C)C)nn2C)o1. The maximum absolute atomic E-state index is 12.2. The number of anilines is 1. The lowest BCUT2D eigenvalue weighted by Gasteiger charge is -2.15. The number of nitrogens with zero attached hydrogens (tertiary/aromatic N) is 2. The number of aromatic nitrogens is 2. The lowest BCUT2D eigenvalue weighted by Crippen LogP contribution is -2.14. The van der Waals surface area contributed by atoms with Crippen LogP contribution in [0.15, 0.2) is 27.7 Å². The molecule has 7 heteroatoms. The molecule has 2 heterocycles. The first-order valence-corrected chi connectivity index (χ1v) is 8.17. The molecular formula is C14H21N3O3S. The van der Waals surface area contributed by atoms with Gasteiger partial charge in [-0.2, -0.15) is 13.5 Å². The minimum absolute atomic E-state index is 0.0859. The van der Waals surface area contributed by atoms with E-state index >= 15 is 0 Å². The zero-order valence-corrected chi connectivity index (χ0v) is 13.8. The molecule has 0 radical (unpaired) electrons. The molecule has 0 amide bonds. The van der Waals surface area contributed by atoms with Gasteiger partial charge in [0, 0.05) is 13.1 Å². The first kappa shape index (κ1) is 15.6. The Morgan fingerprint density at radius 1 is 1.33 bits per heavy atom. The molecule has 0 atom stereocenters. The van der Waals surface area contributed by atoms with E-state index < -0.39 is 10.0 Å². The fourth-order valence-electron chi connectivity index (χ4n) is 2.00. The van der Waals surface area contributed by atoms with Crippen molar-refractivity contribution in [3.05, 3.63) is 29.7 Å². The molecule has 0 aliphatic heterocycles. The summed E-state index contributed by atoms with van der Waals surface area (Å²) in [6.45, 7) is 8.02. The molecule has 0 saturated carbocycles. The summed E-state index contributed by atoms with van der Waals surface area (Å²) in [7, 11) is -2.02. The summed E-state index contributed by atoms with van der Waals surface area (Å²) >= 11 is 0. The summed E-state index contributed by atoms with van der Waals surface area (Å²) in [5.74, 6) is 0.970. The summed E-state index contributed by atoms with van der Waals surface area (Å²) in [5.41, 5.74) is 0.932. The Labute approximate surface area is 125 Å². The maximum atomic E-state index is 12.2. The second-order valence-corrected chi connectivity index (χ2v) is 7.97. The van der Waals surface area contributed by atoms with Gasteiger partial charge in [0.25, 0.3) is 10.0 Å². The van der Waals surface area contributed by atoms with Crippen molar-refractivity contribution in [3.63, 3.8) is 0 Å². The number of rotatable bonds is 4. The number of sulfonamides is 1. The van der Waals surface area contributed by atoms with Gasteiger partial charge in [-0.05, 0) is 30.9 Å².